The largest absolute Gasteiger partial charge is 0.496 e. The average molecular weight is 297 g/mol. The van der Waals surface area contributed by atoms with Crippen LogP contribution in [0.5, 0.6) is 5.75 Å². The Morgan fingerprint density at radius 3 is 2.81 bits per heavy atom. The van der Waals surface area contributed by atoms with Crippen molar-refractivity contribution in [1.29, 1.82) is 0 Å². The molecule has 0 radical (unpaired) electrons. The molecule has 0 N–H and O–H groups in total. The lowest BCUT2D eigenvalue weighted by atomic mass is 10.1. The van der Waals surface area contributed by atoms with Gasteiger partial charge in [-0.25, -0.2) is 4.98 Å². The van der Waals surface area contributed by atoms with Crippen LogP contribution in [-0.4, -0.2) is 17.9 Å². The number of Topliss-reactive ketones (excluding diaryl/α,β-unsaturated/α-hetero) is 1. The molecule has 3 aromatic rings. The maximum atomic E-state index is 12.4. The fraction of sp³-hybridized carbons (Fsp3) is 0.176. The third kappa shape index (κ3) is 2.81. The number of fused-ring (bicyclic) bond motifs is 1. The minimum absolute atomic E-state index is 0.0624. The number of carbonyl (C=O) groups is 1. The van der Waals surface area contributed by atoms with Gasteiger partial charge in [0.2, 0.25) is 0 Å². The topological polar surface area (TPSA) is 39.2 Å². The number of carbonyl (C=O) groups excluding carboxylic acids is 1. The van der Waals surface area contributed by atoms with E-state index in [1.807, 2.05) is 43.3 Å². The van der Waals surface area contributed by atoms with E-state index in [4.69, 9.17) is 4.74 Å². The number of methoxy groups -OCH3 is 1. The molecule has 0 aliphatic rings. The van der Waals surface area contributed by atoms with Crippen LogP contribution in [0.25, 0.3) is 10.2 Å². The molecule has 0 aliphatic carbocycles. The van der Waals surface area contributed by atoms with Gasteiger partial charge in [-0.2, -0.15) is 0 Å². The number of rotatable bonds is 4. The number of ether oxygens (including phenoxy) is 1. The molecule has 0 fully saturated rings. The van der Waals surface area contributed by atoms with E-state index in [1.165, 1.54) is 0 Å². The van der Waals surface area contributed by atoms with Gasteiger partial charge in [-0.05, 0) is 30.7 Å². The van der Waals surface area contributed by atoms with Gasteiger partial charge in [-0.3, -0.25) is 4.79 Å². The summed E-state index contributed by atoms with van der Waals surface area (Å²) in [6.45, 7) is 1.96. The number of aryl methyl sites for hydroxylation is 1. The Morgan fingerprint density at radius 2 is 2.05 bits per heavy atom. The van der Waals surface area contributed by atoms with Gasteiger partial charge in [0.25, 0.3) is 0 Å². The molecule has 3 rings (SSSR count). The Hall–Kier alpha value is -2.20. The van der Waals surface area contributed by atoms with Crippen LogP contribution in [0.15, 0.2) is 42.5 Å². The number of nitrogens with zero attached hydrogens (tertiary/aromatic N) is 1. The summed E-state index contributed by atoms with van der Waals surface area (Å²) >= 11 is 1.57. The number of thiazole rings is 1. The Bertz CT molecular complexity index is 774. The second-order valence-electron chi connectivity index (χ2n) is 4.86. The van der Waals surface area contributed by atoms with Crippen LogP contribution in [0.3, 0.4) is 0 Å². The zero-order valence-electron chi connectivity index (χ0n) is 11.9. The molecule has 106 valence electrons. The normalized spacial score (nSPS) is 10.8. The third-order valence-corrected chi connectivity index (χ3v) is 4.42. The molecule has 0 atom stereocenters. The van der Waals surface area contributed by atoms with E-state index < -0.39 is 0 Å². The molecule has 1 aromatic heterocycles. The number of aromatic nitrogens is 1. The molecule has 1 heterocycles. The summed E-state index contributed by atoms with van der Waals surface area (Å²) in [5.41, 5.74) is 2.64. The second-order valence-corrected chi connectivity index (χ2v) is 5.97. The van der Waals surface area contributed by atoms with Gasteiger partial charge in [-0.15, -0.1) is 11.3 Å². The summed E-state index contributed by atoms with van der Waals surface area (Å²) in [7, 11) is 1.62. The molecule has 0 saturated heterocycles. The summed E-state index contributed by atoms with van der Waals surface area (Å²) in [5.74, 6) is 0.803. The van der Waals surface area contributed by atoms with Crippen LogP contribution in [0.4, 0.5) is 0 Å². The zero-order valence-corrected chi connectivity index (χ0v) is 12.7. The SMILES string of the molecule is COc1cc(C(=O)Cc2nc3ccccc3s2)ccc1C. The Balaban J connectivity index is 1.85. The Labute approximate surface area is 127 Å². The number of hydrogen-bond acceptors (Lipinski definition) is 4. The van der Waals surface area contributed by atoms with Crippen LogP contribution in [0, 0.1) is 6.92 Å². The maximum absolute atomic E-state index is 12.4. The van der Waals surface area contributed by atoms with Crippen LogP contribution < -0.4 is 4.74 Å². The lowest BCUT2D eigenvalue weighted by molar-refractivity contribution is 0.0992. The molecule has 4 heteroatoms. The van der Waals surface area contributed by atoms with Gasteiger partial charge in [-0.1, -0.05) is 24.3 Å². The smallest absolute Gasteiger partial charge is 0.169 e. The van der Waals surface area contributed by atoms with Crippen molar-refractivity contribution < 1.29 is 9.53 Å². The highest BCUT2D eigenvalue weighted by molar-refractivity contribution is 7.18. The van der Waals surface area contributed by atoms with Crippen molar-refractivity contribution >= 4 is 27.3 Å². The number of ketones is 1. The fourth-order valence-corrected chi connectivity index (χ4v) is 3.19. The molecule has 0 unspecified atom stereocenters. The lowest BCUT2D eigenvalue weighted by Gasteiger charge is -2.06. The summed E-state index contributed by atoms with van der Waals surface area (Å²) in [6.07, 6.45) is 0.325. The summed E-state index contributed by atoms with van der Waals surface area (Å²) in [4.78, 5) is 16.9. The molecule has 0 aliphatic heterocycles. The van der Waals surface area contributed by atoms with Crippen molar-refractivity contribution in [2.24, 2.45) is 0 Å². The van der Waals surface area contributed by atoms with Gasteiger partial charge in [0.05, 0.1) is 23.7 Å². The number of hydrogen-bond donors (Lipinski definition) is 0. The van der Waals surface area contributed by atoms with Crippen molar-refractivity contribution in [2.75, 3.05) is 7.11 Å². The standard InChI is InChI=1S/C17H15NO2S/c1-11-7-8-12(9-15(11)20-2)14(19)10-17-18-13-5-3-4-6-16(13)21-17/h3-9H,10H2,1-2H3. The lowest BCUT2D eigenvalue weighted by Crippen LogP contribution is -2.04. The molecule has 0 amide bonds. The van der Waals surface area contributed by atoms with Crippen LogP contribution in [0.2, 0.25) is 0 Å². The van der Waals surface area contributed by atoms with Gasteiger partial charge >= 0.3 is 0 Å². The number of para-hydroxylation sites is 1. The predicted molar refractivity (Wildman–Crippen MR) is 85.4 cm³/mol. The molecular weight excluding hydrogens is 282 g/mol. The van der Waals surface area contributed by atoms with Gasteiger partial charge in [0, 0.05) is 5.56 Å². The molecule has 0 spiro atoms. The van der Waals surface area contributed by atoms with Gasteiger partial charge in [0.15, 0.2) is 5.78 Å². The van der Waals surface area contributed by atoms with Crippen LogP contribution >= 0.6 is 11.3 Å². The van der Waals surface area contributed by atoms with Crippen molar-refractivity contribution in [3.8, 4) is 5.75 Å². The number of benzene rings is 2. The van der Waals surface area contributed by atoms with Crippen LogP contribution in [-0.2, 0) is 6.42 Å². The second kappa shape index (κ2) is 5.66. The first kappa shape index (κ1) is 13.8. The van der Waals surface area contributed by atoms with Crippen molar-refractivity contribution in [3.63, 3.8) is 0 Å². The highest BCUT2D eigenvalue weighted by Crippen LogP contribution is 2.24. The highest BCUT2D eigenvalue weighted by Gasteiger charge is 2.12. The van der Waals surface area contributed by atoms with Crippen molar-refractivity contribution in [1.82, 2.24) is 4.98 Å². The highest BCUT2D eigenvalue weighted by atomic mass is 32.1. The molecule has 0 bridgehead atoms. The summed E-state index contributed by atoms with van der Waals surface area (Å²) in [5, 5.41) is 0.848. The monoisotopic (exact) mass is 297 g/mol. The van der Waals surface area contributed by atoms with E-state index in [0.717, 1.165) is 26.5 Å². The van der Waals surface area contributed by atoms with E-state index in [-0.39, 0.29) is 5.78 Å². The van der Waals surface area contributed by atoms with Crippen LogP contribution in [0.1, 0.15) is 20.9 Å². The van der Waals surface area contributed by atoms with Gasteiger partial charge < -0.3 is 4.74 Å². The van der Waals surface area contributed by atoms with E-state index >= 15 is 0 Å². The predicted octanol–water partition coefficient (Wildman–Crippen LogP) is 4.04. The third-order valence-electron chi connectivity index (χ3n) is 3.38. The van der Waals surface area contributed by atoms with E-state index in [1.54, 1.807) is 24.5 Å². The van der Waals surface area contributed by atoms with Crippen molar-refractivity contribution in [2.45, 2.75) is 13.3 Å². The maximum Gasteiger partial charge on any atom is 0.169 e. The first-order valence-electron chi connectivity index (χ1n) is 6.69. The van der Waals surface area contributed by atoms with Crippen molar-refractivity contribution in [3.05, 3.63) is 58.6 Å². The average Bonchev–Trinajstić information content (AvgIpc) is 2.89. The summed E-state index contributed by atoms with van der Waals surface area (Å²) < 4.78 is 6.38. The van der Waals surface area contributed by atoms with E-state index in [9.17, 15) is 4.79 Å². The molecule has 21 heavy (non-hydrogen) atoms. The summed E-state index contributed by atoms with van der Waals surface area (Å²) in [6, 6.07) is 13.5. The minimum Gasteiger partial charge on any atom is -0.496 e. The Morgan fingerprint density at radius 1 is 1.24 bits per heavy atom. The quantitative estimate of drug-likeness (QED) is 0.682. The first-order chi connectivity index (χ1) is 10.2. The molecule has 0 saturated carbocycles. The van der Waals surface area contributed by atoms with E-state index in [2.05, 4.69) is 4.98 Å². The zero-order chi connectivity index (χ0) is 14.8. The molecular formula is C17H15NO2S. The fourth-order valence-electron chi connectivity index (χ4n) is 2.23. The Kier molecular flexibility index (Phi) is 3.71. The van der Waals surface area contributed by atoms with E-state index in [0.29, 0.717) is 12.0 Å². The molecule has 2 aromatic carbocycles. The molecule has 3 nitrogen and oxygen atoms in total. The first-order valence-corrected chi connectivity index (χ1v) is 7.51. The minimum atomic E-state index is 0.0624. The van der Waals surface area contributed by atoms with Gasteiger partial charge in [0.1, 0.15) is 10.8 Å².